The molecule has 0 bridgehead atoms. The van der Waals surface area contributed by atoms with Crippen molar-refractivity contribution < 1.29 is 4.79 Å². The predicted octanol–water partition coefficient (Wildman–Crippen LogP) is 3.89. The number of rotatable bonds is 4. The van der Waals surface area contributed by atoms with Gasteiger partial charge < -0.3 is 5.32 Å². The smallest absolute Gasteiger partial charge is 0.255 e. The van der Waals surface area contributed by atoms with Crippen molar-refractivity contribution in [2.24, 2.45) is 0 Å². The average molecular weight is 345 g/mol. The van der Waals surface area contributed by atoms with Crippen molar-refractivity contribution in [2.75, 3.05) is 11.6 Å². The Morgan fingerprint density at radius 2 is 1.96 bits per heavy atom. The number of carbonyl (C=O) groups is 1. The lowest BCUT2D eigenvalue weighted by atomic mass is 10.2. The van der Waals surface area contributed by atoms with Crippen LogP contribution >= 0.6 is 23.4 Å². The Balaban J connectivity index is 1.76. The van der Waals surface area contributed by atoms with Crippen molar-refractivity contribution in [2.45, 2.75) is 5.16 Å². The molecule has 1 amide bonds. The number of anilines is 1. The summed E-state index contributed by atoms with van der Waals surface area (Å²) in [5, 5.41) is 4.06. The monoisotopic (exact) mass is 344 g/mol. The summed E-state index contributed by atoms with van der Waals surface area (Å²) in [5.41, 5.74) is 2.12. The molecule has 0 aliphatic rings. The zero-order valence-electron chi connectivity index (χ0n) is 12.2. The topological polar surface area (TPSA) is 59.8 Å². The first-order valence-electron chi connectivity index (χ1n) is 6.78. The van der Waals surface area contributed by atoms with Crippen LogP contribution in [0.5, 0.6) is 0 Å². The second kappa shape index (κ2) is 6.85. The van der Waals surface area contributed by atoms with Crippen LogP contribution in [0.1, 0.15) is 10.4 Å². The molecule has 5 nitrogen and oxygen atoms in total. The van der Waals surface area contributed by atoms with Gasteiger partial charge in [-0.25, -0.2) is 9.97 Å². The van der Waals surface area contributed by atoms with Crippen molar-refractivity contribution in [1.82, 2.24) is 14.5 Å². The number of nitrogens with zero attached hydrogens (tertiary/aromatic N) is 3. The summed E-state index contributed by atoms with van der Waals surface area (Å²) in [4.78, 5) is 20.4. The Kier molecular flexibility index (Phi) is 4.64. The highest BCUT2D eigenvalue weighted by Gasteiger charge is 2.08. The van der Waals surface area contributed by atoms with Crippen molar-refractivity contribution in [1.29, 1.82) is 0 Å². The fraction of sp³-hybridized carbons (Fsp3) is 0.0625. The van der Waals surface area contributed by atoms with E-state index >= 15 is 0 Å². The van der Waals surface area contributed by atoms with E-state index in [-0.39, 0.29) is 5.91 Å². The van der Waals surface area contributed by atoms with Crippen LogP contribution in [0.3, 0.4) is 0 Å². The molecule has 0 radical (unpaired) electrons. The van der Waals surface area contributed by atoms with Gasteiger partial charge in [-0.1, -0.05) is 23.4 Å². The second-order valence-electron chi connectivity index (χ2n) is 4.65. The lowest BCUT2D eigenvalue weighted by molar-refractivity contribution is 0.102. The summed E-state index contributed by atoms with van der Waals surface area (Å²) in [6.45, 7) is 0. The number of aromatic nitrogens is 3. The summed E-state index contributed by atoms with van der Waals surface area (Å²) >= 11 is 7.29. The quantitative estimate of drug-likeness (QED) is 0.576. The number of hydrogen-bond donors (Lipinski definition) is 1. The number of nitrogens with one attached hydrogen (secondary N) is 1. The second-order valence-corrected chi connectivity index (χ2v) is 5.82. The molecule has 3 aromatic rings. The van der Waals surface area contributed by atoms with Crippen LogP contribution in [-0.4, -0.2) is 26.7 Å². The maximum atomic E-state index is 12.2. The first kappa shape index (κ1) is 15.6. The number of thioether (sulfide) groups is 1. The summed E-state index contributed by atoms with van der Waals surface area (Å²) in [6.07, 6.45) is 7.13. The highest BCUT2D eigenvalue weighted by Crippen LogP contribution is 2.19. The summed E-state index contributed by atoms with van der Waals surface area (Å²) < 4.78 is 1.97. The van der Waals surface area contributed by atoms with Gasteiger partial charge in [0.05, 0.1) is 11.9 Å². The van der Waals surface area contributed by atoms with Crippen LogP contribution in [-0.2, 0) is 0 Å². The molecule has 1 N–H and O–H groups in total. The number of hydrogen-bond acceptors (Lipinski definition) is 4. The van der Waals surface area contributed by atoms with E-state index in [9.17, 15) is 4.79 Å². The van der Waals surface area contributed by atoms with E-state index in [1.807, 2.05) is 29.2 Å². The van der Waals surface area contributed by atoms with Gasteiger partial charge in [0.15, 0.2) is 5.16 Å². The molecule has 3 rings (SSSR count). The highest BCUT2D eigenvalue weighted by atomic mass is 35.5. The summed E-state index contributed by atoms with van der Waals surface area (Å²) in [5.74, 6) is -0.198. The molecule has 7 heteroatoms. The van der Waals surface area contributed by atoms with Crippen LogP contribution in [0.4, 0.5) is 5.69 Å². The Bertz CT molecular complexity index is 815. The fourth-order valence-corrected chi connectivity index (χ4v) is 2.70. The third kappa shape index (κ3) is 3.55. The standard InChI is InChI=1S/C16H13ClN4OS/c1-23-16-18-8-9-21(16)13-5-2-11(3-6-13)15(22)20-12-4-7-14(17)19-10-12/h2-10H,1H3,(H,20,22). The molecule has 0 aliphatic heterocycles. The highest BCUT2D eigenvalue weighted by molar-refractivity contribution is 7.98. The average Bonchev–Trinajstić information content (AvgIpc) is 3.06. The third-order valence-electron chi connectivity index (χ3n) is 3.18. The molecular formula is C16H13ClN4OS. The van der Waals surface area contributed by atoms with Crippen molar-refractivity contribution in [3.05, 3.63) is 65.7 Å². The summed E-state index contributed by atoms with van der Waals surface area (Å²) in [7, 11) is 0. The Morgan fingerprint density at radius 1 is 1.17 bits per heavy atom. The van der Waals surface area contributed by atoms with Gasteiger partial charge in [0, 0.05) is 23.6 Å². The number of amides is 1. The van der Waals surface area contributed by atoms with Crippen LogP contribution in [0.25, 0.3) is 5.69 Å². The largest absolute Gasteiger partial charge is 0.321 e. The van der Waals surface area contributed by atoms with Crippen molar-refractivity contribution in [3.8, 4) is 5.69 Å². The van der Waals surface area contributed by atoms with Crippen LogP contribution in [0.2, 0.25) is 5.15 Å². The molecule has 2 aromatic heterocycles. The maximum Gasteiger partial charge on any atom is 0.255 e. The van der Waals surface area contributed by atoms with Gasteiger partial charge in [-0.2, -0.15) is 0 Å². The fourth-order valence-electron chi connectivity index (χ4n) is 2.06. The molecule has 0 spiro atoms. The van der Waals surface area contributed by atoms with E-state index in [2.05, 4.69) is 15.3 Å². The van der Waals surface area contributed by atoms with Crippen molar-refractivity contribution in [3.63, 3.8) is 0 Å². The molecule has 0 unspecified atom stereocenters. The van der Waals surface area contributed by atoms with Gasteiger partial charge in [0.2, 0.25) is 0 Å². The third-order valence-corrected chi connectivity index (χ3v) is 4.07. The Hall–Kier alpha value is -2.31. The first-order chi connectivity index (χ1) is 11.2. The van der Waals surface area contributed by atoms with Crippen LogP contribution in [0.15, 0.2) is 60.1 Å². The number of halogens is 1. The summed E-state index contributed by atoms with van der Waals surface area (Å²) in [6, 6.07) is 10.7. The number of pyridine rings is 1. The van der Waals surface area contributed by atoms with E-state index < -0.39 is 0 Å². The zero-order valence-corrected chi connectivity index (χ0v) is 13.8. The molecule has 23 heavy (non-hydrogen) atoms. The van der Waals surface area contributed by atoms with Gasteiger partial charge in [-0.05, 0) is 42.7 Å². The van der Waals surface area contributed by atoms with Crippen molar-refractivity contribution >= 4 is 35.0 Å². The van der Waals surface area contributed by atoms with Crippen LogP contribution in [0, 0.1) is 0 Å². The van der Waals surface area contributed by atoms with Gasteiger partial charge in [-0.3, -0.25) is 9.36 Å². The van der Waals surface area contributed by atoms with Crippen LogP contribution < -0.4 is 5.32 Å². The normalized spacial score (nSPS) is 10.5. The molecular weight excluding hydrogens is 332 g/mol. The number of imidazole rings is 1. The minimum Gasteiger partial charge on any atom is -0.321 e. The Labute approximate surface area is 142 Å². The molecule has 0 saturated carbocycles. The van der Waals surface area contributed by atoms with E-state index in [0.29, 0.717) is 16.4 Å². The molecule has 0 fully saturated rings. The van der Waals surface area contributed by atoms with Gasteiger partial charge in [0.25, 0.3) is 5.91 Å². The van der Waals surface area contributed by atoms with E-state index in [0.717, 1.165) is 10.8 Å². The van der Waals surface area contributed by atoms with Gasteiger partial charge in [0.1, 0.15) is 5.15 Å². The number of benzene rings is 1. The number of carbonyl (C=O) groups excluding carboxylic acids is 1. The van der Waals surface area contributed by atoms with E-state index in [4.69, 9.17) is 11.6 Å². The zero-order chi connectivity index (χ0) is 16.2. The van der Waals surface area contributed by atoms with Gasteiger partial charge in [-0.15, -0.1) is 0 Å². The lowest BCUT2D eigenvalue weighted by Crippen LogP contribution is -2.12. The predicted molar refractivity (Wildman–Crippen MR) is 92.5 cm³/mol. The lowest BCUT2D eigenvalue weighted by Gasteiger charge is -2.08. The molecule has 0 saturated heterocycles. The van der Waals surface area contributed by atoms with Gasteiger partial charge >= 0.3 is 0 Å². The first-order valence-corrected chi connectivity index (χ1v) is 8.38. The molecule has 2 heterocycles. The molecule has 116 valence electrons. The van der Waals surface area contributed by atoms with E-state index in [1.165, 1.54) is 6.20 Å². The molecule has 1 aromatic carbocycles. The molecule has 0 atom stereocenters. The SMILES string of the molecule is CSc1nccn1-c1ccc(C(=O)Nc2ccc(Cl)nc2)cc1. The van der Waals surface area contributed by atoms with E-state index in [1.54, 1.807) is 42.2 Å². The minimum absolute atomic E-state index is 0.198. The molecule has 0 aliphatic carbocycles. The maximum absolute atomic E-state index is 12.2. The minimum atomic E-state index is -0.198. The Morgan fingerprint density at radius 3 is 2.61 bits per heavy atom.